The van der Waals surface area contributed by atoms with E-state index in [-0.39, 0.29) is 11.5 Å². The van der Waals surface area contributed by atoms with Crippen molar-refractivity contribution in [2.75, 3.05) is 0 Å². The van der Waals surface area contributed by atoms with E-state index >= 15 is 0 Å². The summed E-state index contributed by atoms with van der Waals surface area (Å²) in [6, 6.07) is 11.3. The highest BCUT2D eigenvalue weighted by atomic mass is 32.1. The Bertz CT molecular complexity index is 838. The highest BCUT2D eigenvalue weighted by molar-refractivity contribution is 7.17. The largest absolute Gasteiger partial charge is 0.508 e. The molecule has 158 valence electrons. The molecule has 0 atom stereocenters. The first-order valence-corrected chi connectivity index (χ1v) is 10.0. The zero-order chi connectivity index (χ0) is 22.8. The van der Waals surface area contributed by atoms with Crippen molar-refractivity contribution in [3.63, 3.8) is 0 Å². The summed E-state index contributed by atoms with van der Waals surface area (Å²) in [4.78, 5) is 16.8. The number of phenolic OH excluding ortho intramolecular Hbond substituents is 2. The molecule has 3 aromatic rings. The predicted octanol–water partition coefficient (Wildman–Crippen LogP) is 6.25. The number of aryl methyl sites for hydroxylation is 3. The molecule has 1 aromatic heterocycles. The Balaban J connectivity index is 0. The number of hydrogen-bond acceptors (Lipinski definition) is 5. The summed E-state index contributed by atoms with van der Waals surface area (Å²) in [5.41, 5.74) is 3.69. The molecular formula is C24H32O4S. The van der Waals surface area contributed by atoms with Gasteiger partial charge in [0.05, 0.1) is 0 Å². The van der Waals surface area contributed by atoms with Crippen molar-refractivity contribution in [1.82, 2.24) is 0 Å². The van der Waals surface area contributed by atoms with Crippen LogP contribution in [0.3, 0.4) is 0 Å². The Morgan fingerprint density at radius 1 is 0.966 bits per heavy atom. The highest BCUT2D eigenvalue weighted by Gasteiger charge is 2.00. The van der Waals surface area contributed by atoms with Crippen molar-refractivity contribution < 1.29 is 19.8 Å². The zero-order valence-corrected chi connectivity index (χ0v) is 18.6. The van der Waals surface area contributed by atoms with Crippen LogP contribution in [0.2, 0.25) is 0 Å². The highest BCUT2D eigenvalue weighted by Crippen LogP contribution is 2.27. The number of thiophene rings is 1. The lowest BCUT2D eigenvalue weighted by Crippen LogP contribution is -1.79. The Hall–Kier alpha value is -2.92. The van der Waals surface area contributed by atoms with Gasteiger partial charge in [0.2, 0.25) is 0 Å². The van der Waals surface area contributed by atoms with Crippen molar-refractivity contribution in [3.8, 4) is 11.5 Å². The molecule has 0 aliphatic carbocycles. The third kappa shape index (κ3) is 10.3. The molecular weight excluding hydrogens is 384 g/mol. The van der Waals surface area contributed by atoms with Gasteiger partial charge in [-0.15, -0.1) is 24.5 Å². The second-order valence-electron chi connectivity index (χ2n) is 5.52. The van der Waals surface area contributed by atoms with Gasteiger partial charge in [0.1, 0.15) is 24.6 Å². The fourth-order valence-corrected chi connectivity index (χ4v) is 3.46. The van der Waals surface area contributed by atoms with E-state index in [1.54, 1.807) is 12.1 Å². The first-order chi connectivity index (χ1) is 14.0. The van der Waals surface area contributed by atoms with Gasteiger partial charge >= 0.3 is 0 Å². The van der Waals surface area contributed by atoms with Gasteiger partial charge < -0.3 is 19.8 Å². The van der Waals surface area contributed by atoms with Crippen LogP contribution >= 0.6 is 11.3 Å². The standard InChI is InChI=1S/C11H12S.C8H10O2.C2H4O.C2H4.CH2O/c1-3-9-7-12-11-6-8(2)4-5-10(9)11;1-2-6-3-4-7(9)5-8(6)10;1-2-3;2*1-2/h4-7H,3H2,1-2H3;3-5,9-10H,2H2,1H3;2H,1H3;1-2H2;1H2. The van der Waals surface area contributed by atoms with Gasteiger partial charge in [0.25, 0.3) is 0 Å². The molecule has 0 saturated heterocycles. The molecule has 2 N–H and O–H groups in total. The molecule has 0 aliphatic rings. The first kappa shape index (κ1) is 28.3. The number of fused-ring (bicyclic) bond motifs is 1. The van der Waals surface area contributed by atoms with Crippen molar-refractivity contribution >= 4 is 34.5 Å². The van der Waals surface area contributed by atoms with E-state index in [1.807, 2.05) is 25.0 Å². The van der Waals surface area contributed by atoms with E-state index in [0.717, 1.165) is 24.7 Å². The second kappa shape index (κ2) is 17.2. The molecule has 0 radical (unpaired) electrons. The van der Waals surface area contributed by atoms with Crippen LogP contribution in [0.25, 0.3) is 10.1 Å². The van der Waals surface area contributed by atoms with Crippen LogP contribution in [0.15, 0.2) is 54.9 Å². The topological polar surface area (TPSA) is 74.6 Å². The van der Waals surface area contributed by atoms with Crippen molar-refractivity contribution in [3.05, 3.63) is 71.6 Å². The summed E-state index contributed by atoms with van der Waals surface area (Å²) in [5.74, 6) is 0.275. The van der Waals surface area contributed by atoms with E-state index in [0.29, 0.717) is 0 Å². The van der Waals surface area contributed by atoms with Gasteiger partial charge in [-0.2, -0.15) is 0 Å². The van der Waals surface area contributed by atoms with E-state index in [1.165, 1.54) is 34.2 Å². The molecule has 0 saturated carbocycles. The number of phenols is 2. The lowest BCUT2D eigenvalue weighted by molar-refractivity contribution is -0.106. The zero-order valence-electron chi connectivity index (χ0n) is 17.8. The lowest BCUT2D eigenvalue weighted by Gasteiger charge is -1.99. The fourth-order valence-electron chi connectivity index (χ4n) is 2.32. The predicted molar refractivity (Wildman–Crippen MR) is 125 cm³/mol. The van der Waals surface area contributed by atoms with E-state index < -0.39 is 0 Å². The number of carbonyl (C=O) groups excluding carboxylic acids is 2. The number of hydrogen-bond donors (Lipinski definition) is 2. The monoisotopic (exact) mass is 416 g/mol. The smallest absolute Gasteiger partial charge is 0.122 e. The van der Waals surface area contributed by atoms with E-state index in [4.69, 9.17) is 19.8 Å². The number of aldehydes is 1. The lowest BCUT2D eigenvalue weighted by atomic mass is 10.1. The third-order valence-corrected chi connectivity index (χ3v) is 4.64. The van der Waals surface area contributed by atoms with Gasteiger partial charge in [-0.3, -0.25) is 0 Å². The van der Waals surface area contributed by atoms with Gasteiger partial charge in [-0.1, -0.05) is 32.0 Å². The van der Waals surface area contributed by atoms with Crippen LogP contribution in [0.4, 0.5) is 0 Å². The maximum atomic E-state index is 9.13. The SMILES string of the molecule is C=C.C=O.CC=O.CCc1ccc(O)cc1O.CCc1csc2cc(C)ccc12. The third-order valence-electron chi connectivity index (χ3n) is 3.64. The van der Waals surface area contributed by atoms with Crippen LogP contribution in [0, 0.1) is 6.92 Å². The molecule has 2 aromatic carbocycles. The van der Waals surface area contributed by atoms with Crippen LogP contribution in [0.5, 0.6) is 11.5 Å². The molecule has 3 rings (SSSR count). The summed E-state index contributed by atoms with van der Waals surface area (Å²) in [6.45, 7) is 15.7. The molecule has 5 heteroatoms. The number of carbonyl (C=O) groups is 2. The second-order valence-corrected chi connectivity index (χ2v) is 6.43. The first-order valence-electron chi connectivity index (χ1n) is 9.12. The Morgan fingerprint density at radius 3 is 2.00 bits per heavy atom. The normalized spacial score (nSPS) is 8.55. The molecule has 4 nitrogen and oxygen atoms in total. The average Bonchev–Trinajstić information content (AvgIpc) is 3.14. The molecule has 0 spiro atoms. The van der Waals surface area contributed by atoms with Gasteiger partial charge in [-0.25, -0.2) is 0 Å². The maximum absolute atomic E-state index is 9.13. The van der Waals surface area contributed by atoms with Crippen LogP contribution < -0.4 is 0 Å². The molecule has 1 heterocycles. The van der Waals surface area contributed by atoms with Crippen LogP contribution in [-0.2, 0) is 22.4 Å². The molecule has 29 heavy (non-hydrogen) atoms. The van der Waals surface area contributed by atoms with E-state index in [2.05, 4.69) is 50.6 Å². The van der Waals surface area contributed by atoms with Crippen molar-refractivity contribution in [2.24, 2.45) is 0 Å². The Morgan fingerprint density at radius 2 is 1.52 bits per heavy atom. The summed E-state index contributed by atoms with van der Waals surface area (Å²) >= 11 is 1.85. The molecule has 0 aliphatic heterocycles. The molecule has 0 amide bonds. The maximum Gasteiger partial charge on any atom is 0.122 e. The molecule has 0 fully saturated rings. The van der Waals surface area contributed by atoms with Crippen LogP contribution in [-0.4, -0.2) is 23.3 Å². The molecule has 0 bridgehead atoms. The summed E-state index contributed by atoms with van der Waals surface area (Å²) < 4.78 is 1.42. The van der Waals surface area contributed by atoms with E-state index in [9.17, 15) is 0 Å². The van der Waals surface area contributed by atoms with Crippen molar-refractivity contribution in [1.29, 1.82) is 0 Å². The van der Waals surface area contributed by atoms with Gasteiger partial charge in [0, 0.05) is 10.8 Å². The average molecular weight is 417 g/mol. The summed E-state index contributed by atoms with van der Waals surface area (Å²) in [7, 11) is 0. The number of rotatable bonds is 2. The summed E-state index contributed by atoms with van der Waals surface area (Å²) in [6.07, 6.45) is 2.68. The number of aromatic hydroxyl groups is 2. The Labute approximate surface area is 178 Å². The quantitative estimate of drug-likeness (QED) is 0.382. The minimum atomic E-state index is 0.106. The Kier molecular flexibility index (Phi) is 16.8. The number of benzene rings is 2. The van der Waals surface area contributed by atoms with Gasteiger partial charge in [0.15, 0.2) is 0 Å². The fraction of sp³-hybridized carbons (Fsp3) is 0.250. The minimum Gasteiger partial charge on any atom is -0.508 e. The summed E-state index contributed by atoms with van der Waals surface area (Å²) in [5, 5.41) is 21.7. The van der Waals surface area contributed by atoms with Crippen molar-refractivity contribution in [2.45, 2.75) is 40.5 Å². The minimum absolute atomic E-state index is 0.106. The van der Waals surface area contributed by atoms with Crippen LogP contribution in [0.1, 0.15) is 37.5 Å². The van der Waals surface area contributed by atoms with Gasteiger partial charge in [-0.05, 0) is 66.3 Å². The molecule has 0 unspecified atom stereocenters.